The summed E-state index contributed by atoms with van der Waals surface area (Å²) in [6, 6.07) is 14.8. The van der Waals surface area contributed by atoms with E-state index in [1.54, 1.807) is 30.3 Å². The minimum absolute atomic E-state index is 0.165. The molecule has 0 aliphatic carbocycles. The van der Waals surface area contributed by atoms with E-state index in [0.717, 1.165) is 24.3 Å². The van der Waals surface area contributed by atoms with E-state index < -0.39 is 17.8 Å². The molecule has 0 aliphatic heterocycles. The third-order valence-electron chi connectivity index (χ3n) is 4.52. The van der Waals surface area contributed by atoms with Crippen molar-refractivity contribution < 1.29 is 32.2 Å². The molecule has 3 aromatic carbocycles. The van der Waals surface area contributed by atoms with Crippen LogP contribution in [0.3, 0.4) is 0 Å². The van der Waals surface area contributed by atoms with Gasteiger partial charge in [-0.05, 0) is 36.4 Å². The average molecular weight is 459 g/mol. The predicted molar refractivity (Wildman–Crippen MR) is 118 cm³/mol. The Hall–Kier alpha value is -4.21. The molecule has 3 aromatic rings. The Balaban J connectivity index is 1.76. The van der Waals surface area contributed by atoms with Crippen molar-refractivity contribution in [3.8, 4) is 11.5 Å². The normalized spacial score (nSPS) is 10.8. The predicted octanol–water partition coefficient (Wildman–Crippen LogP) is 5.62. The minimum Gasteiger partial charge on any atom is -0.494 e. The van der Waals surface area contributed by atoms with Crippen LogP contribution in [0.2, 0.25) is 0 Å². The number of ether oxygens (including phenoxy) is 2. The summed E-state index contributed by atoms with van der Waals surface area (Å²) < 4.78 is 48.7. The highest BCUT2D eigenvalue weighted by Gasteiger charge is 2.30. The number of hydrogen-bond acceptors (Lipinski definition) is 4. The fraction of sp³-hybridized carbons (Fsp3) is 0.130. The molecule has 0 saturated heterocycles. The van der Waals surface area contributed by atoms with Crippen LogP contribution in [0.5, 0.6) is 11.5 Å². The van der Waals surface area contributed by atoms with E-state index in [1.165, 1.54) is 26.4 Å². The first kappa shape index (κ1) is 23.5. The molecular formula is C23H20F3N3O4. The zero-order valence-electron chi connectivity index (χ0n) is 17.6. The summed E-state index contributed by atoms with van der Waals surface area (Å²) in [7, 11) is 2.77. The summed E-state index contributed by atoms with van der Waals surface area (Å²) in [6.07, 6.45) is -4.47. The number of alkyl halides is 3. The Morgan fingerprint density at radius 3 is 1.82 bits per heavy atom. The van der Waals surface area contributed by atoms with Crippen molar-refractivity contribution in [3.63, 3.8) is 0 Å². The molecule has 0 aromatic heterocycles. The number of rotatable bonds is 6. The largest absolute Gasteiger partial charge is 0.494 e. The highest BCUT2D eigenvalue weighted by Crippen LogP contribution is 2.37. The number of nitrogens with one attached hydrogen (secondary N) is 3. The lowest BCUT2D eigenvalue weighted by Crippen LogP contribution is -2.20. The number of carbonyl (C=O) groups is 2. The molecule has 3 rings (SSSR count). The minimum atomic E-state index is -4.47. The molecule has 0 fully saturated rings. The number of benzene rings is 3. The van der Waals surface area contributed by atoms with Gasteiger partial charge in [-0.3, -0.25) is 4.79 Å². The zero-order chi connectivity index (χ0) is 24.0. The molecule has 0 aliphatic rings. The maximum atomic E-state index is 12.7. The number of carbonyl (C=O) groups excluding carboxylic acids is 2. The first-order chi connectivity index (χ1) is 15.7. The Morgan fingerprint density at radius 2 is 1.30 bits per heavy atom. The molecule has 172 valence electrons. The Labute approximate surface area is 187 Å². The molecule has 0 unspecified atom stereocenters. The van der Waals surface area contributed by atoms with Crippen LogP contribution in [0.1, 0.15) is 15.9 Å². The van der Waals surface area contributed by atoms with Crippen molar-refractivity contribution in [3.05, 3.63) is 77.9 Å². The number of anilines is 3. The third kappa shape index (κ3) is 5.94. The first-order valence-electron chi connectivity index (χ1n) is 9.59. The molecule has 0 spiro atoms. The zero-order valence-corrected chi connectivity index (χ0v) is 17.6. The van der Waals surface area contributed by atoms with Crippen LogP contribution in [0.25, 0.3) is 0 Å². The monoisotopic (exact) mass is 459 g/mol. The number of halogens is 3. The maximum Gasteiger partial charge on any atom is 0.416 e. The van der Waals surface area contributed by atoms with Gasteiger partial charge >= 0.3 is 12.2 Å². The van der Waals surface area contributed by atoms with Crippen molar-refractivity contribution in [2.75, 3.05) is 30.2 Å². The number of methoxy groups -OCH3 is 2. The lowest BCUT2D eigenvalue weighted by molar-refractivity contribution is -0.137. The van der Waals surface area contributed by atoms with Crippen molar-refractivity contribution in [1.82, 2.24) is 0 Å². The smallest absolute Gasteiger partial charge is 0.416 e. The van der Waals surface area contributed by atoms with E-state index in [9.17, 15) is 22.8 Å². The molecule has 0 bridgehead atoms. The second-order valence-electron chi connectivity index (χ2n) is 6.73. The van der Waals surface area contributed by atoms with Gasteiger partial charge < -0.3 is 25.4 Å². The van der Waals surface area contributed by atoms with E-state index >= 15 is 0 Å². The topological polar surface area (TPSA) is 88.7 Å². The van der Waals surface area contributed by atoms with Crippen LogP contribution in [0, 0.1) is 0 Å². The Bertz CT molecular complexity index is 1130. The van der Waals surface area contributed by atoms with Crippen molar-refractivity contribution in [2.24, 2.45) is 0 Å². The van der Waals surface area contributed by atoms with Gasteiger partial charge in [-0.1, -0.05) is 18.2 Å². The fourth-order valence-corrected chi connectivity index (χ4v) is 2.90. The second-order valence-corrected chi connectivity index (χ2v) is 6.73. The first-order valence-corrected chi connectivity index (χ1v) is 9.59. The van der Waals surface area contributed by atoms with E-state index in [-0.39, 0.29) is 28.8 Å². The number of amides is 3. The molecule has 3 amide bonds. The molecule has 0 atom stereocenters. The van der Waals surface area contributed by atoms with Gasteiger partial charge in [0.2, 0.25) is 0 Å². The highest BCUT2D eigenvalue weighted by molar-refractivity contribution is 6.06. The van der Waals surface area contributed by atoms with E-state index in [0.29, 0.717) is 11.3 Å². The van der Waals surface area contributed by atoms with Gasteiger partial charge in [-0.15, -0.1) is 0 Å². The number of hydrogen-bond donors (Lipinski definition) is 3. The summed E-state index contributed by atoms with van der Waals surface area (Å²) >= 11 is 0. The Morgan fingerprint density at radius 1 is 0.758 bits per heavy atom. The lowest BCUT2D eigenvalue weighted by atomic mass is 10.2. The van der Waals surface area contributed by atoms with Gasteiger partial charge in [0, 0.05) is 23.4 Å². The van der Waals surface area contributed by atoms with Crippen LogP contribution >= 0.6 is 0 Å². The van der Waals surface area contributed by atoms with Gasteiger partial charge in [0.05, 0.1) is 31.2 Å². The third-order valence-corrected chi connectivity index (χ3v) is 4.52. The molecule has 10 heteroatoms. The van der Waals surface area contributed by atoms with E-state index in [1.807, 2.05) is 0 Å². The highest BCUT2D eigenvalue weighted by atomic mass is 19.4. The standard InChI is InChI=1S/C23H20F3N3O4/c1-32-19-13-18(29-22(31)27-16-10-8-15(9-11-16)23(24,25)26)20(33-2)12-17(19)28-21(30)14-6-4-3-5-7-14/h3-13H,1-2H3,(H,28,30)(H2,27,29,31). The molecule has 0 radical (unpaired) electrons. The molecule has 3 N–H and O–H groups in total. The van der Waals surface area contributed by atoms with Gasteiger partial charge in [-0.25, -0.2) is 4.79 Å². The van der Waals surface area contributed by atoms with Crippen LogP contribution in [0.4, 0.5) is 35.0 Å². The average Bonchev–Trinajstić information content (AvgIpc) is 2.80. The summed E-state index contributed by atoms with van der Waals surface area (Å²) in [5.74, 6) is 0.114. The van der Waals surface area contributed by atoms with Crippen LogP contribution < -0.4 is 25.4 Å². The molecule has 0 heterocycles. The molecular weight excluding hydrogens is 439 g/mol. The number of urea groups is 1. The van der Waals surface area contributed by atoms with Crippen LogP contribution in [-0.4, -0.2) is 26.2 Å². The quantitative estimate of drug-likeness (QED) is 0.447. The molecule has 33 heavy (non-hydrogen) atoms. The van der Waals surface area contributed by atoms with Crippen molar-refractivity contribution in [2.45, 2.75) is 6.18 Å². The summed E-state index contributed by atoms with van der Waals surface area (Å²) in [5.41, 5.74) is 0.316. The maximum absolute atomic E-state index is 12.7. The van der Waals surface area contributed by atoms with Crippen LogP contribution in [-0.2, 0) is 6.18 Å². The summed E-state index contributed by atoms with van der Waals surface area (Å²) in [6.45, 7) is 0. The van der Waals surface area contributed by atoms with Gasteiger partial charge in [0.25, 0.3) is 5.91 Å². The SMILES string of the molecule is COc1cc(NC(=O)c2ccccc2)c(OC)cc1NC(=O)Nc1ccc(C(F)(F)F)cc1. The van der Waals surface area contributed by atoms with Crippen molar-refractivity contribution in [1.29, 1.82) is 0 Å². The fourth-order valence-electron chi connectivity index (χ4n) is 2.90. The van der Waals surface area contributed by atoms with Gasteiger partial charge in [0.1, 0.15) is 11.5 Å². The molecule has 7 nitrogen and oxygen atoms in total. The lowest BCUT2D eigenvalue weighted by Gasteiger charge is -2.16. The second kappa shape index (κ2) is 9.94. The van der Waals surface area contributed by atoms with Crippen molar-refractivity contribution >= 4 is 29.0 Å². The summed E-state index contributed by atoms with van der Waals surface area (Å²) in [5, 5.41) is 7.72. The summed E-state index contributed by atoms with van der Waals surface area (Å²) in [4.78, 5) is 24.8. The van der Waals surface area contributed by atoms with Crippen LogP contribution in [0.15, 0.2) is 66.7 Å². The Kier molecular flexibility index (Phi) is 7.07. The van der Waals surface area contributed by atoms with E-state index in [4.69, 9.17) is 9.47 Å². The molecule has 0 saturated carbocycles. The van der Waals surface area contributed by atoms with Gasteiger partial charge in [-0.2, -0.15) is 13.2 Å². The van der Waals surface area contributed by atoms with Gasteiger partial charge in [0.15, 0.2) is 0 Å². The van der Waals surface area contributed by atoms with E-state index in [2.05, 4.69) is 16.0 Å².